The first kappa shape index (κ1) is 12.6. The van der Waals surface area contributed by atoms with Crippen molar-refractivity contribution in [2.24, 2.45) is 0 Å². The number of carbonyl (C=O) groups excluding carboxylic acids is 2. The van der Waals surface area contributed by atoms with Gasteiger partial charge in [-0.2, -0.15) is 0 Å². The number of nitrogens with one attached hydrogen (secondary N) is 1. The molecule has 1 aromatic rings. The maximum atomic E-state index is 11.2. The van der Waals surface area contributed by atoms with E-state index in [4.69, 9.17) is 0 Å². The summed E-state index contributed by atoms with van der Waals surface area (Å²) in [6, 6.07) is 7.23. The third-order valence-electron chi connectivity index (χ3n) is 2.64. The standard InChI is InChI=1S/C13H17NO2/c1-9(15)12-6-4-11(5-7-12)8-13(14-3)10(2)16/h4-7,13-14H,8H2,1-3H3. The zero-order chi connectivity index (χ0) is 12.1. The van der Waals surface area contributed by atoms with Crippen LogP contribution in [-0.2, 0) is 11.2 Å². The van der Waals surface area contributed by atoms with Gasteiger partial charge in [0.1, 0.15) is 5.78 Å². The van der Waals surface area contributed by atoms with E-state index < -0.39 is 0 Å². The summed E-state index contributed by atoms with van der Waals surface area (Å²) in [6.45, 7) is 3.12. The summed E-state index contributed by atoms with van der Waals surface area (Å²) >= 11 is 0. The Bertz CT molecular complexity index is 381. The number of Topliss-reactive ketones (excluding diaryl/α,β-unsaturated/α-hetero) is 2. The Kier molecular flexibility index (Phi) is 4.38. The molecule has 86 valence electrons. The van der Waals surface area contributed by atoms with E-state index in [1.165, 1.54) is 0 Å². The molecular formula is C13H17NO2. The molecule has 0 heterocycles. The lowest BCUT2D eigenvalue weighted by Crippen LogP contribution is -2.34. The van der Waals surface area contributed by atoms with Crippen LogP contribution in [0.1, 0.15) is 29.8 Å². The highest BCUT2D eigenvalue weighted by atomic mass is 16.1. The van der Waals surface area contributed by atoms with Crippen molar-refractivity contribution in [1.29, 1.82) is 0 Å². The predicted octanol–water partition coefficient (Wildman–Crippen LogP) is 1.61. The Morgan fingerprint density at radius 1 is 1.19 bits per heavy atom. The lowest BCUT2D eigenvalue weighted by Gasteiger charge is -2.12. The minimum atomic E-state index is -0.150. The summed E-state index contributed by atoms with van der Waals surface area (Å²) in [5.41, 5.74) is 1.76. The van der Waals surface area contributed by atoms with Gasteiger partial charge in [-0.25, -0.2) is 0 Å². The number of rotatable bonds is 5. The van der Waals surface area contributed by atoms with Gasteiger partial charge in [-0.3, -0.25) is 9.59 Å². The molecule has 0 amide bonds. The SMILES string of the molecule is CNC(Cc1ccc(C(C)=O)cc1)C(C)=O. The first-order chi connectivity index (χ1) is 7.54. The van der Waals surface area contributed by atoms with Crippen molar-refractivity contribution in [3.8, 4) is 0 Å². The minimum Gasteiger partial charge on any atom is -0.310 e. The van der Waals surface area contributed by atoms with E-state index in [9.17, 15) is 9.59 Å². The molecule has 1 N–H and O–H groups in total. The molecule has 0 bridgehead atoms. The van der Waals surface area contributed by atoms with E-state index >= 15 is 0 Å². The van der Waals surface area contributed by atoms with Gasteiger partial charge in [-0.1, -0.05) is 24.3 Å². The molecule has 1 unspecified atom stereocenters. The van der Waals surface area contributed by atoms with Crippen molar-refractivity contribution < 1.29 is 9.59 Å². The number of hydrogen-bond donors (Lipinski definition) is 1. The third-order valence-corrected chi connectivity index (χ3v) is 2.64. The van der Waals surface area contributed by atoms with Gasteiger partial charge in [0.2, 0.25) is 0 Å². The fourth-order valence-electron chi connectivity index (χ4n) is 1.56. The van der Waals surface area contributed by atoms with E-state index in [0.29, 0.717) is 12.0 Å². The van der Waals surface area contributed by atoms with E-state index in [1.807, 2.05) is 12.1 Å². The quantitative estimate of drug-likeness (QED) is 0.765. The Labute approximate surface area is 95.9 Å². The molecule has 0 radical (unpaired) electrons. The zero-order valence-electron chi connectivity index (χ0n) is 9.91. The second-order valence-corrected chi connectivity index (χ2v) is 3.91. The van der Waals surface area contributed by atoms with Crippen molar-refractivity contribution >= 4 is 11.6 Å². The number of ketones is 2. The molecule has 0 aliphatic heterocycles. The highest BCUT2D eigenvalue weighted by Gasteiger charge is 2.12. The van der Waals surface area contributed by atoms with Gasteiger partial charge in [0.25, 0.3) is 0 Å². The number of carbonyl (C=O) groups is 2. The summed E-state index contributed by atoms with van der Waals surface area (Å²) in [4.78, 5) is 22.3. The molecule has 16 heavy (non-hydrogen) atoms. The molecule has 0 aromatic heterocycles. The summed E-state index contributed by atoms with van der Waals surface area (Å²) in [5, 5.41) is 2.97. The fraction of sp³-hybridized carbons (Fsp3) is 0.385. The Morgan fingerprint density at radius 2 is 1.75 bits per heavy atom. The number of likely N-dealkylation sites (N-methyl/N-ethyl adjacent to an activating group) is 1. The third kappa shape index (κ3) is 3.28. The molecule has 0 saturated carbocycles. The lowest BCUT2D eigenvalue weighted by molar-refractivity contribution is -0.118. The molecule has 0 aliphatic rings. The molecule has 0 fully saturated rings. The number of hydrogen-bond acceptors (Lipinski definition) is 3. The summed E-state index contributed by atoms with van der Waals surface area (Å²) < 4.78 is 0. The molecule has 0 aliphatic carbocycles. The number of benzene rings is 1. The van der Waals surface area contributed by atoms with Gasteiger partial charge >= 0.3 is 0 Å². The predicted molar refractivity (Wildman–Crippen MR) is 63.7 cm³/mol. The van der Waals surface area contributed by atoms with E-state index in [2.05, 4.69) is 5.32 Å². The smallest absolute Gasteiger partial charge is 0.159 e. The van der Waals surface area contributed by atoms with Gasteiger partial charge in [0, 0.05) is 5.56 Å². The second-order valence-electron chi connectivity index (χ2n) is 3.91. The largest absolute Gasteiger partial charge is 0.310 e. The van der Waals surface area contributed by atoms with Gasteiger partial charge < -0.3 is 5.32 Å². The van der Waals surface area contributed by atoms with Crippen LogP contribution < -0.4 is 5.32 Å². The monoisotopic (exact) mass is 219 g/mol. The first-order valence-corrected chi connectivity index (χ1v) is 5.32. The molecule has 1 rings (SSSR count). The van der Waals surface area contributed by atoms with Crippen LogP contribution in [0.3, 0.4) is 0 Å². The molecule has 1 aromatic carbocycles. The highest BCUT2D eigenvalue weighted by Crippen LogP contribution is 2.08. The van der Waals surface area contributed by atoms with Crippen molar-refractivity contribution in [1.82, 2.24) is 5.32 Å². The van der Waals surface area contributed by atoms with Crippen LogP contribution >= 0.6 is 0 Å². The molecule has 0 spiro atoms. The van der Waals surface area contributed by atoms with Gasteiger partial charge in [0.05, 0.1) is 6.04 Å². The Balaban J connectivity index is 2.75. The lowest BCUT2D eigenvalue weighted by atomic mass is 10.0. The van der Waals surface area contributed by atoms with Gasteiger partial charge in [-0.05, 0) is 32.9 Å². The van der Waals surface area contributed by atoms with E-state index in [-0.39, 0.29) is 17.6 Å². The van der Waals surface area contributed by atoms with Gasteiger partial charge in [0.15, 0.2) is 5.78 Å². The molecular weight excluding hydrogens is 202 g/mol. The average Bonchev–Trinajstić information content (AvgIpc) is 2.26. The highest BCUT2D eigenvalue weighted by molar-refractivity contribution is 5.94. The second kappa shape index (κ2) is 5.56. The average molecular weight is 219 g/mol. The topological polar surface area (TPSA) is 46.2 Å². The summed E-state index contributed by atoms with van der Waals surface area (Å²) in [5.74, 6) is 0.182. The van der Waals surface area contributed by atoms with E-state index in [1.54, 1.807) is 33.0 Å². The van der Waals surface area contributed by atoms with Gasteiger partial charge in [-0.15, -0.1) is 0 Å². The Hall–Kier alpha value is -1.48. The Morgan fingerprint density at radius 3 is 2.12 bits per heavy atom. The van der Waals surface area contributed by atoms with Crippen LogP contribution in [-0.4, -0.2) is 24.7 Å². The van der Waals surface area contributed by atoms with Crippen LogP contribution in [0.15, 0.2) is 24.3 Å². The van der Waals surface area contributed by atoms with Crippen LogP contribution in [0, 0.1) is 0 Å². The van der Waals surface area contributed by atoms with Crippen molar-refractivity contribution in [2.75, 3.05) is 7.05 Å². The van der Waals surface area contributed by atoms with Crippen LogP contribution in [0.2, 0.25) is 0 Å². The molecule has 3 heteroatoms. The maximum Gasteiger partial charge on any atom is 0.159 e. The van der Waals surface area contributed by atoms with Crippen molar-refractivity contribution in [2.45, 2.75) is 26.3 Å². The van der Waals surface area contributed by atoms with Crippen molar-refractivity contribution in [3.05, 3.63) is 35.4 Å². The molecule has 3 nitrogen and oxygen atoms in total. The van der Waals surface area contributed by atoms with Crippen LogP contribution in [0.4, 0.5) is 0 Å². The minimum absolute atomic E-state index is 0.0586. The van der Waals surface area contributed by atoms with Crippen molar-refractivity contribution in [3.63, 3.8) is 0 Å². The van der Waals surface area contributed by atoms with Crippen LogP contribution in [0.25, 0.3) is 0 Å². The fourth-order valence-corrected chi connectivity index (χ4v) is 1.56. The summed E-state index contributed by atoms with van der Waals surface area (Å²) in [7, 11) is 1.77. The molecule has 0 saturated heterocycles. The van der Waals surface area contributed by atoms with Crippen LogP contribution in [0.5, 0.6) is 0 Å². The normalized spacial score (nSPS) is 12.2. The summed E-state index contributed by atoms with van der Waals surface area (Å²) in [6.07, 6.45) is 0.657. The van der Waals surface area contributed by atoms with E-state index in [0.717, 1.165) is 5.56 Å². The maximum absolute atomic E-state index is 11.2. The first-order valence-electron chi connectivity index (χ1n) is 5.32. The molecule has 1 atom stereocenters. The zero-order valence-corrected chi connectivity index (χ0v) is 9.91.